The number of aromatic hydroxyl groups is 1. The monoisotopic (exact) mass is 392 g/mol. The summed E-state index contributed by atoms with van der Waals surface area (Å²) >= 11 is 1.43. The maximum absolute atomic E-state index is 12.6. The maximum Gasteiger partial charge on any atom is 0.266 e. The lowest BCUT2D eigenvalue weighted by Crippen LogP contribution is -2.07. The first-order valence-corrected chi connectivity index (χ1v) is 10.5. The Labute approximate surface area is 167 Å². The molecule has 2 heterocycles. The number of phenols is 1. The van der Waals surface area contributed by atoms with Crippen LogP contribution < -0.4 is 11.3 Å². The molecule has 28 heavy (non-hydrogen) atoms. The summed E-state index contributed by atoms with van der Waals surface area (Å²) in [6.45, 7) is 4.08. The molecule has 0 bridgehead atoms. The van der Waals surface area contributed by atoms with Gasteiger partial charge in [-0.05, 0) is 54.0 Å². The summed E-state index contributed by atoms with van der Waals surface area (Å²) in [6, 6.07) is 11.7. The van der Waals surface area contributed by atoms with Crippen molar-refractivity contribution < 1.29 is 5.11 Å². The highest BCUT2D eigenvalue weighted by Crippen LogP contribution is 2.41. The van der Waals surface area contributed by atoms with E-state index in [9.17, 15) is 9.90 Å². The highest BCUT2D eigenvalue weighted by atomic mass is 32.1. The van der Waals surface area contributed by atoms with Crippen molar-refractivity contribution in [1.29, 1.82) is 0 Å². The van der Waals surface area contributed by atoms with Crippen LogP contribution in [0.25, 0.3) is 32.1 Å². The van der Waals surface area contributed by atoms with E-state index < -0.39 is 0 Å². The first-order chi connectivity index (χ1) is 13.5. The molecule has 4 N–H and O–H groups in total. The summed E-state index contributed by atoms with van der Waals surface area (Å²) in [5, 5.41) is 14.7. The first kappa shape index (κ1) is 18.7. The number of hydrogen-bond acceptors (Lipinski definition) is 4. The average Bonchev–Trinajstić information content (AvgIpc) is 3.17. The Morgan fingerprint density at radius 2 is 1.96 bits per heavy atom. The second-order valence-electron chi connectivity index (χ2n) is 7.31. The number of aryl methyl sites for hydroxylation is 1. The summed E-state index contributed by atoms with van der Waals surface area (Å²) in [5.41, 5.74) is 10.4. The Bertz CT molecular complexity index is 1200. The van der Waals surface area contributed by atoms with Gasteiger partial charge in [-0.2, -0.15) is 0 Å². The van der Waals surface area contributed by atoms with E-state index in [-0.39, 0.29) is 17.4 Å². The van der Waals surface area contributed by atoms with E-state index in [0.717, 1.165) is 57.8 Å². The molecule has 0 aliphatic heterocycles. The highest BCUT2D eigenvalue weighted by Gasteiger charge is 2.18. The van der Waals surface area contributed by atoms with Gasteiger partial charge in [-0.1, -0.05) is 37.6 Å². The Morgan fingerprint density at radius 3 is 2.64 bits per heavy atom. The predicted octanol–water partition coefficient (Wildman–Crippen LogP) is 5.48. The van der Waals surface area contributed by atoms with E-state index >= 15 is 0 Å². The van der Waals surface area contributed by atoms with Crippen LogP contribution in [0.3, 0.4) is 0 Å². The number of unbranched alkanes of at least 4 members (excludes halogenated alkanes) is 1. The molecule has 4 rings (SSSR count). The molecule has 0 saturated carbocycles. The number of fused-ring (bicyclic) bond motifs is 3. The largest absolute Gasteiger partial charge is 0.507 e. The lowest BCUT2D eigenvalue weighted by molar-refractivity contribution is 0.477. The number of aromatic nitrogens is 1. The van der Waals surface area contributed by atoms with E-state index in [1.807, 2.05) is 42.6 Å². The molecule has 1 atom stereocenters. The van der Waals surface area contributed by atoms with E-state index in [1.165, 1.54) is 11.3 Å². The van der Waals surface area contributed by atoms with E-state index in [4.69, 9.17) is 5.73 Å². The lowest BCUT2D eigenvalue weighted by Gasteiger charge is -2.15. The third-order valence-electron chi connectivity index (χ3n) is 5.29. The van der Waals surface area contributed by atoms with Crippen molar-refractivity contribution in [2.24, 2.45) is 5.73 Å². The summed E-state index contributed by atoms with van der Waals surface area (Å²) in [4.78, 5) is 15.7. The minimum Gasteiger partial charge on any atom is -0.507 e. The minimum absolute atomic E-state index is 0.0456. The Balaban J connectivity index is 2.07. The van der Waals surface area contributed by atoms with Gasteiger partial charge in [0.25, 0.3) is 5.56 Å². The number of hydrogen-bond donors (Lipinski definition) is 3. The van der Waals surface area contributed by atoms with Crippen LogP contribution in [0.1, 0.15) is 43.9 Å². The average molecular weight is 393 g/mol. The van der Waals surface area contributed by atoms with Gasteiger partial charge in [0, 0.05) is 22.4 Å². The van der Waals surface area contributed by atoms with Crippen LogP contribution in [0.2, 0.25) is 0 Å². The van der Waals surface area contributed by atoms with Gasteiger partial charge >= 0.3 is 0 Å². The second kappa shape index (κ2) is 7.41. The molecule has 0 unspecified atom stereocenters. The van der Waals surface area contributed by atoms with E-state index in [1.54, 1.807) is 6.07 Å². The number of benzene rings is 2. The highest BCUT2D eigenvalue weighted by molar-refractivity contribution is 7.17. The zero-order valence-corrected chi connectivity index (χ0v) is 16.9. The van der Waals surface area contributed by atoms with Crippen molar-refractivity contribution in [3.8, 4) is 16.9 Å². The van der Waals surface area contributed by atoms with Gasteiger partial charge in [0.05, 0.1) is 5.52 Å². The molecule has 0 amide bonds. The Hall–Kier alpha value is -2.63. The molecule has 4 nitrogen and oxygen atoms in total. The molecule has 2 aromatic heterocycles. The van der Waals surface area contributed by atoms with Crippen molar-refractivity contribution in [2.45, 2.75) is 39.2 Å². The molecule has 0 fully saturated rings. The third kappa shape index (κ3) is 3.11. The fourth-order valence-corrected chi connectivity index (χ4v) is 4.59. The fraction of sp³-hybridized carbons (Fsp3) is 0.261. The van der Waals surface area contributed by atoms with Gasteiger partial charge in [0.1, 0.15) is 10.4 Å². The smallest absolute Gasteiger partial charge is 0.266 e. The molecule has 0 saturated heterocycles. The van der Waals surface area contributed by atoms with Crippen LogP contribution in [-0.4, -0.2) is 10.1 Å². The zero-order valence-electron chi connectivity index (χ0n) is 16.1. The van der Waals surface area contributed by atoms with E-state index in [2.05, 4.69) is 11.9 Å². The topological polar surface area (TPSA) is 79.1 Å². The predicted molar refractivity (Wildman–Crippen MR) is 118 cm³/mol. The van der Waals surface area contributed by atoms with E-state index in [0.29, 0.717) is 4.70 Å². The molecule has 0 spiro atoms. The summed E-state index contributed by atoms with van der Waals surface area (Å²) in [6.07, 6.45) is 2.87. The Morgan fingerprint density at radius 1 is 1.21 bits per heavy atom. The van der Waals surface area contributed by atoms with Crippen LogP contribution in [-0.2, 0) is 6.42 Å². The van der Waals surface area contributed by atoms with Crippen molar-refractivity contribution in [2.75, 3.05) is 0 Å². The van der Waals surface area contributed by atoms with Gasteiger partial charge in [-0.3, -0.25) is 4.79 Å². The Kier molecular flexibility index (Phi) is 4.96. The zero-order chi connectivity index (χ0) is 19.8. The number of pyridine rings is 1. The van der Waals surface area contributed by atoms with Gasteiger partial charge in [0.2, 0.25) is 0 Å². The van der Waals surface area contributed by atoms with Gasteiger partial charge in [0.15, 0.2) is 0 Å². The molecule has 5 heteroatoms. The molecule has 0 aliphatic rings. The number of nitrogens with two attached hydrogens (primary N) is 1. The molecule has 144 valence electrons. The standard InChI is InChI=1S/C23H24N2O2S/c1-3-4-5-16-12-18(26)19(15-8-6-14(7-9-15)13(2)24)20-17-10-11-28-22(17)23(27)25-21(16)20/h6-13,26H,3-5,24H2,1-2H3,(H,25,27)/t13-/m1/s1. The second-order valence-corrected chi connectivity index (χ2v) is 8.23. The quantitative estimate of drug-likeness (QED) is 0.421. The molecular weight excluding hydrogens is 368 g/mol. The fourth-order valence-electron chi connectivity index (χ4n) is 3.80. The van der Waals surface area contributed by atoms with Crippen molar-refractivity contribution in [1.82, 2.24) is 4.98 Å². The van der Waals surface area contributed by atoms with Crippen LogP contribution in [0.5, 0.6) is 5.75 Å². The summed E-state index contributed by atoms with van der Waals surface area (Å²) in [5.74, 6) is 0.242. The summed E-state index contributed by atoms with van der Waals surface area (Å²) in [7, 11) is 0. The number of phenolic OH excluding ortho intramolecular Hbond substituents is 1. The molecule has 0 aliphatic carbocycles. The van der Waals surface area contributed by atoms with Gasteiger partial charge in [-0.15, -0.1) is 11.3 Å². The van der Waals surface area contributed by atoms with Gasteiger partial charge in [-0.25, -0.2) is 0 Å². The van der Waals surface area contributed by atoms with Crippen LogP contribution in [0.15, 0.2) is 46.6 Å². The maximum atomic E-state index is 12.6. The number of H-pyrrole nitrogens is 1. The normalized spacial score (nSPS) is 12.7. The van der Waals surface area contributed by atoms with Crippen LogP contribution in [0, 0.1) is 0 Å². The summed E-state index contributed by atoms with van der Waals surface area (Å²) < 4.78 is 0.688. The van der Waals surface area contributed by atoms with Crippen molar-refractivity contribution >= 4 is 32.3 Å². The molecule has 0 radical (unpaired) electrons. The molecule has 4 aromatic rings. The first-order valence-electron chi connectivity index (χ1n) is 9.65. The number of nitrogens with one attached hydrogen (secondary N) is 1. The van der Waals surface area contributed by atoms with Crippen molar-refractivity contribution in [3.63, 3.8) is 0 Å². The molecular formula is C23H24N2O2S. The lowest BCUT2D eigenvalue weighted by atomic mass is 9.92. The van der Waals surface area contributed by atoms with Crippen molar-refractivity contribution in [3.05, 3.63) is 63.3 Å². The number of aromatic amines is 1. The van der Waals surface area contributed by atoms with Gasteiger partial charge < -0.3 is 15.8 Å². The van der Waals surface area contributed by atoms with Crippen LogP contribution in [0.4, 0.5) is 0 Å². The third-order valence-corrected chi connectivity index (χ3v) is 6.21. The number of rotatable bonds is 5. The number of thiophene rings is 1. The SMILES string of the molecule is CCCCc1cc(O)c(-c2ccc([C@@H](C)N)cc2)c2c1[nH]c(=O)c1sccc12. The van der Waals surface area contributed by atoms with Crippen LogP contribution >= 0.6 is 11.3 Å². The molecule has 2 aromatic carbocycles. The minimum atomic E-state index is -0.0702.